The highest BCUT2D eigenvalue weighted by Crippen LogP contribution is 2.12. The van der Waals surface area contributed by atoms with Crippen LogP contribution >= 0.6 is 0 Å². The molecule has 0 N–H and O–H groups in total. The SMILES string of the molecule is COc1ccc(/C(C)=N/Cc2ccccc2)cc1. The first kappa shape index (κ1) is 12.4. The molecule has 0 unspecified atom stereocenters. The molecule has 92 valence electrons. The number of benzene rings is 2. The van der Waals surface area contributed by atoms with Crippen LogP contribution in [-0.4, -0.2) is 12.8 Å². The normalized spacial score (nSPS) is 11.3. The second-order valence-corrected chi connectivity index (χ2v) is 4.12. The third kappa shape index (κ3) is 3.20. The van der Waals surface area contributed by atoms with Gasteiger partial charge in [0.2, 0.25) is 0 Å². The lowest BCUT2D eigenvalue weighted by atomic mass is 10.1. The van der Waals surface area contributed by atoms with E-state index in [1.807, 2.05) is 49.4 Å². The second-order valence-electron chi connectivity index (χ2n) is 4.12. The van der Waals surface area contributed by atoms with E-state index in [1.54, 1.807) is 7.11 Å². The number of hydrogen-bond donors (Lipinski definition) is 0. The maximum Gasteiger partial charge on any atom is 0.118 e. The summed E-state index contributed by atoms with van der Waals surface area (Å²) in [6.45, 7) is 2.75. The van der Waals surface area contributed by atoms with Gasteiger partial charge in [-0.05, 0) is 42.3 Å². The largest absolute Gasteiger partial charge is 0.497 e. The van der Waals surface area contributed by atoms with E-state index in [-0.39, 0.29) is 0 Å². The molecule has 0 aliphatic rings. The molecule has 0 saturated heterocycles. The highest BCUT2D eigenvalue weighted by molar-refractivity contribution is 5.98. The fraction of sp³-hybridized carbons (Fsp3) is 0.188. The monoisotopic (exact) mass is 239 g/mol. The molecule has 2 heteroatoms. The average Bonchev–Trinajstić information content (AvgIpc) is 2.46. The molecule has 2 rings (SSSR count). The van der Waals surface area contributed by atoms with Crippen LogP contribution in [0.2, 0.25) is 0 Å². The Hall–Kier alpha value is -2.09. The molecule has 18 heavy (non-hydrogen) atoms. The Balaban J connectivity index is 2.08. The van der Waals surface area contributed by atoms with Crippen molar-refractivity contribution in [2.75, 3.05) is 7.11 Å². The summed E-state index contributed by atoms with van der Waals surface area (Å²) in [5.41, 5.74) is 3.40. The van der Waals surface area contributed by atoms with E-state index in [9.17, 15) is 0 Å². The van der Waals surface area contributed by atoms with Crippen LogP contribution in [0.4, 0.5) is 0 Å². The first-order chi connectivity index (χ1) is 8.79. The van der Waals surface area contributed by atoms with E-state index in [0.717, 1.165) is 23.6 Å². The van der Waals surface area contributed by atoms with E-state index in [2.05, 4.69) is 17.1 Å². The van der Waals surface area contributed by atoms with Gasteiger partial charge in [0.05, 0.1) is 13.7 Å². The maximum atomic E-state index is 5.14. The van der Waals surface area contributed by atoms with Crippen molar-refractivity contribution < 1.29 is 4.74 Å². The molecule has 0 aliphatic carbocycles. The van der Waals surface area contributed by atoms with Crippen LogP contribution in [0.1, 0.15) is 18.1 Å². The Labute approximate surface area is 108 Å². The Bertz CT molecular complexity index is 515. The van der Waals surface area contributed by atoms with Crippen molar-refractivity contribution in [2.45, 2.75) is 13.5 Å². The average molecular weight is 239 g/mol. The van der Waals surface area contributed by atoms with Crippen LogP contribution in [0, 0.1) is 0 Å². The predicted octanol–water partition coefficient (Wildman–Crippen LogP) is 3.70. The number of rotatable bonds is 4. The Morgan fingerprint density at radius 2 is 1.67 bits per heavy atom. The van der Waals surface area contributed by atoms with E-state index < -0.39 is 0 Å². The zero-order valence-corrected chi connectivity index (χ0v) is 10.8. The van der Waals surface area contributed by atoms with Gasteiger partial charge in [0.1, 0.15) is 5.75 Å². The maximum absolute atomic E-state index is 5.14. The quantitative estimate of drug-likeness (QED) is 0.745. The molecule has 0 aromatic heterocycles. The molecule has 0 fully saturated rings. The first-order valence-corrected chi connectivity index (χ1v) is 5.99. The summed E-state index contributed by atoms with van der Waals surface area (Å²) in [6.07, 6.45) is 0. The summed E-state index contributed by atoms with van der Waals surface area (Å²) in [7, 11) is 1.67. The van der Waals surface area contributed by atoms with E-state index in [0.29, 0.717) is 0 Å². The van der Waals surface area contributed by atoms with Gasteiger partial charge in [0.15, 0.2) is 0 Å². The smallest absolute Gasteiger partial charge is 0.118 e. The van der Waals surface area contributed by atoms with Crippen LogP contribution in [0.5, 0.6) is 5.75 Å². The van der Waals surface area contributed by atoms with Gasteiger partial charge in [0, 0.05) is 5.71 Å². The van der Waals surface area contributed by atoms with E-state index in [4.69, 9.17) is 4.74 Å². The number of methoxy groups -OCH3 is 1. The fourth-order valence-corrected chi connectivity index (χ4v) is 1.72. The lowest BCUT2D eigenvalue weighted by molar-refractivity contribution is 0.415. The number of ether oxygens (including phenoxy) is 1. The summed E-state index contributed by atoms with van der Waals surface area (Å²) in [4.78, 5) is 4.60. The van der Waals surface area contributed by atoms with Crippen LogP contribution < -0.4 is 4.74 Å². The van der Waals surface area contributed by atoms with Gasteiger partial charge in [0.25, 0.3) is 0 Å². The van der Waals surface area contributed by atoms with Gasteiger partial charge in [-0.3, -0.25) is 4.99 Å². The summed E-state index contributed by atoms with van der Waals surface area (Å²) < 4.78 is 5.14. The number of nitrogens with zero attached hydrogens (tertiary/aromatic N) is 1. The first-order valence-electron chi connectivity index (χ1n) is 5.99. The van der Waals surface area contributed by atoms with Gasteiger partial charge in [-0.1, -0.05) is 30.3 Å². The highest BCUT2D eigenvalue weighted by atomic mass is 16.5. The van der Waals surface area contributed by atoms with Gasteiger partial charge in [-0.15, -0.1) is 0 Å². The zero-order valence-electron chi connectivity index (χ0n) is 10.8. The Kier molecular flexibility index (Phi) is 4.13. The molecule has 0 aliphatic heterocycles. The summed E-state index contributed by atoms with van der Waals surface area (Å²) in [6, 6.07) is 18.2. The topological polar surface area (TPSA) is 21.6 Å². The van der Waals surface area contributed by atoms with Crippen LogP contribution in [-0.2, 0) is 6.54 Å². The molecule has 0 radical (unpaired) electrons. The minimum Gasteiger partial charge on any atom is -0.497 e. The highest BCUT2D eigenvalue weighted by Gasteiger charge is 1.98. The van der Waals surface area contributed by atoms with E-state index >= 15 is 0 Å². The minimum atomic E-state index is 0.721. The lowest BCUT2D eigenvalue weighted by Gasteiger charge is -2.03. The fourth-order valence-electron chi connectivity index (χ4n) is 1.72. The van der Waals surface area contributed by atoms with Crippen molar-refractivity contribution in [3.05, 3.63) is 65.7 Å². The van der Waals surface area contributed by atoms with Crippen molar-refractivity contribution in [2.24, 2.45) is 4.99 Å². The Morgan fingerprint density at radius 1 is 1.00 bits per heavy atom. The van der Waals surface area contributed by atoms with Gasteiger partial charge >= 0.3 is 0 Å². The molecule has 0 bridgehead atoms. The van der Waals surface area contributed by atoms with Crippen LogP contribution in [0.15, 0.2) is 59.6 Å². The molecule has 0 amide bonds. The molecule has 2 nitrogen and oxygen atoms in total. The lowest BCUT2D eigenvalue weighted by Crippen LogP contribution is -1.96. The van der Waals surface area contributed by atoms with Crippen molar-refractivity contribution >= 4 is 5.71 Å². The van der Waals surface area contributed by atoms with Crippen molar-refractivity contribution in [3.8, 4) is 5.75 Å². The van der Waals surface area contributed by atoms with Gasteiger partial charge in [-0.2, -0.15) is 0 Å². The molecule has 2 aromatic carbocycles. The third-order valence-electron chi connectivity index (χ3n) is 2.85. The zero-order chi connectivity index (χ0) is 12.8. The minimum absolute atomic E-state index is 0.721. The molecule has 0 saturated carbocycles. The van der Waals surface area contributed by atoms with Gasteiger partial charge in [-0.25, -0.2) is 0 Å². The van der Waals surface area contributed by atoms with Crippen molar-refractivity contribution in [1.82, 2.24) is 0 Å². The van der Waals surface area contributed by atoms with Crippen LogP contribution in [0.3, 0.4) is 0 Å². The molecule has 2 aromatic rings. The second kappa shape index (κ2) is 6.01. The standard InChI is InChI=1S/C16H17NO/c1-13(15-8-10-16(18-2)11-9-15)17-12-14-6-4-3-5-7-14/h3-11H,12H2,1-2H3/b17-13+. The van der Waals surface area contributed by atoms with Crippen molar-refractivity contribution in [1.29, 1.82) is 0 Å². The summed E-state index contributed by atoms with van der Waals surface area (Å²) in [5, 5.41) is 0. The number of hydrogen-bond acceptors (Lipinski definition) is 2. The molecular weight excluding hydrogens is 222 g/mol. The molecule has 0 atom stereocenters. The third-order valence-corrected chi connectivity index (χ3v) is 2.85. The summed E-state index contributed by atoms with van der Waals surface area (Å²) in [5.74, 6) is 0.870. The summed E-state index contributed by atoms with van der Waals surface area (Å²) >= 11 is 0. The number of aliphatic imine (C=N–C) groups is 1. The van der Waals surface area contributed by atoms with Crippen LogP contribution in [0.25, 0.3) is 0 Å². The molecular formula is C16H17NO. The predicted molar refractivity (Wildman–Crippen MR) is 75.4 cm³/mol. The Morgan fingerprint density at radius 3 is 2.28 bits per heavy atom. The van der Waals surface area contributed by atoms with Gasteiger partial charge < -0.3 is 4.74 Å². The van der Waals surface area contributed by atoms with E-state index in [1.165, 1.54) is 5.56 Å². The van der Waals surface area contributed by atoms with Crippen molar-refractivity contribution in [3.63, 3.8) is 0 Å². The molecule has 0 heterocycles. The molecule has 0 spiro atoms.